The normalized spacial score (nSPS) is 16.2. The molecule has 2 aromatic carbocycles. The van der Waals surface area contributed by atoms with Crippen LogP contribution in [0.25, 0.3) is 11.3 Å². The summed E-state index contributed by atoms with van der Waals surface area (Å²) in [5.41, 5.74) is 3.93. The Morgan fingerprint density at radius 2 is 1.80 bits per heavy atom. The lowest BCUT2D eigenvalue weighted by Gasteiger charge is -2.22. The lowest BCUT2D eigenvalue weighted by molar-refractivity contribution is 0.0788. The summed E-state index contributed by atoms with van der Waals surface area (Å²) < 4.78 is 5.20. The van der Waals surface area contributed by atoms with E-state index in [9.17, 15) is 9.90 Å². The molecule has 126 valence electrons. The molecular weight excluding hydrogens is 318 g/mol. The van der Waals surface area contributed by atoms with Crippen LogP contribution in [0.4, 0.5) is 0 Å². The molecule has 1 aliphatic heterocycles. The second-order valence-electron chi connectivity index (χ2n) is 6.00. The topological polar surface area (TPSA) is 78.5 Å². The van der Waals surface area contributed by atoms with E-state index in [1.165, 1.54) is 0 Å². The number of aromatic nitrogens is 2. The molecule has 2 heterocycles. The quantitative estimate of drug-likeness (QED) is 0.771. The molecule has 1 aliphatic rings. The zero-order valence-corrected chi connectivity index (χ0v) is 13.9. The second kappa shape index (κ2) is 5.66. The van der Waals surface area contributed by atoms with Gasteiger partial charge in [-0.25, -0.2) is 0 Å². The number of carbonyl (C=O) groups is 1. The van der Waals surface area contributed by atoms with Crippen LogP contribution in [0.3, 0.4) is 0 Å². The number of H-pyrrole nitrogens is 1. The van der Waals surface area contributed by atoms with Crippen LogP contribution >= 0.6 is 0 Å². The highest BCUT2D eigenvalue weighted by Gasteiger charge is 2.40. The number of aromatic hydroxyl groups is 1. The molecule has 0 spiro atoms. The number of rotatable bonds is 3. The zero-order chi connectivity index (χ0) is 17.6. The third-order valence-electron chi connectivity index (χ3n) is 4.57. The minimum atomic E-state index is -0.251. The van der Waals surface area contributed by atoms with Gasteiger partial charge >= 0.3 is 0 Å². The predicted molar refractivity (Wildman–Crippen MR) is 92.6 cm³/mol. The number of benzene rings is 2. The van der Waals surface area contributed by atoms with Crippen molar-refractivity contribution in [3.8, 4) is 22.8 Å². The van der Waals surface area contributed by atoms with Crippen molar-refractivity contribution in [2.75, 3.05) is 14.2 Å². The Hall–Kier alpha value is -3.28. The van der Waals surface area contributed by atoms with Gasteiger partial charge in [0, 0.05) is 18.2 Å². The molecule has 4 rings (SSSR count). The Labute approximate surface area is 144 Å². The number of hydrogen-bond donors (Lipinski definition) is 2. The predicted octanol–water partition coefficient (Wildman–Crippen LogP) is 2.97. The first-order valence-corrected chi connectivity index (χ1v) is 7.89. The summed E-state index contributed by atoms with van der Waals surface area (Å²) in [6, 6.07) is 14.2. The number of methoxy groups -OCH3 is 1. The van der Waals surface area contributed by atoms with Crippen molar-refractivity contribution in [3.63, 3.8) is 0 Å². The fourth-order valence-electron chi connectivity index (χ4n) is 3.28. The summed E-state index contributed by atoms with van der Waals surface area (Å²) >= 11 is 0. The number of aromatic amines is 1. The molecule has 6 heteroatoms. The van der Waals surface area contributed by atoms with E-state index in [-0.39, 0.29) is 17.7 Å². The fourth-order valence-corrected chi connectivity index (χ4v) is 3.28. The number of nitrogens with one attached hydrogen (secondary N) is 1. The van der Waals surface area contributed by atoms with Crippen LogP contribution in [-0.4, -0.2) is 40.3 Å². The van der Waals surface area contributed by atoms with E-state index in [1.54, 1.807) is 31.2 Å². The first kappa shape index (κ1) is 15.3. The Balaban J connectivity index is 1.84. The Kier molecular flexibility index (Phi) is 3.46. The van der Waals surface area contributed by atoms with Crippen LogP contribution in [0.1, 0.15) is 27.7 Å². The van der Waals surface area contributed by atoms with Gasteiger partial charge in [-0.15, -0.1) is 0 Å². The van der Waals surface area contributed by atoms with Crippen LogP contribution in [0.2, 0.25) is 0 Å². The van der Waals surface area contributed by atoms with E-state index >= 15 is 0 Å². The van der Waals surface area contributed by atoms with Crippen molar-refractivity contribution in [2.24, 2.45) is 0 Å². The van der Waals surface area contributed by atoms with Crippen LogP contribution in [0.5, 0.6) is 11.5 Å². The lowest BCUT2D eigenvalue weighted by atomic mass is 9.96. The second-order valence-corrected chi connectivity index (χ2v) is 6.00. The van der Waals surface area contributed by atoms with E-state index in [4.69, 9.17) is 4.74 Å². The molecule has 0 unspecified atom stereocenters. The van der Waals surface area contributed by atoms with Crippen molar-refractivity contribution in [2.45, 2.75) is 6.04 Å². The number of phenolic OH excluding ortho intramolecular Hbond substituents is 1. The van der Waals surface area contributed by atoms with Crippen molar-refractivity contribution in [1.82, 2.24) is 15.1 Å². The largest absolute Gasteiger partial charge is 0.508 e. The van der Waals surface area contributed by atoms with Crippen LogP contribution in [-0.2, 0) is 0 Å². The molecule has 0 saturated heterocycles. The summed E-state index contributed by atoms with van der Waals surface area (Å²) in [6.07, 6.45) is 0. The van der Waals surface area contributed by atoms with Gasteiger partial charge in [0.1, 0.15) is 17.2 Å². The average molecular weight is 335 g/mol. The zero-order valence-electron chi connectivity index (χ0n) is 13.9. The van der Waals surface area contributed by atoms with E-state index in [0.717, 1.165) is 28.1 Å². The summed E-state index contributed by atoms with van der Waals surface area (Å²) in [5, 5.41) is 16.8. The molecule has 0 bridgehead atoms. The van der Waals surface area contributed by atoms with Crippen LogP contribution in [0.15, 0.2) is 48.5 Å². The SMILES string of the molecule is COc1ccc(-c2n[nH]c3c2[C@@H](c2ccc(O)cc2)N(C)C3=O)cc1. The smallest absolute Gasteiger partial charge is 0.272 e. The van der Waals surface area contributed by atoms with Crippen LogP contribution < -0.4 is 4.74 Å². The average Bonchev–Trinajstić information content (AvgIpc) is 3.16. The van der Waals surface area contributed by atoms with Crippen molar-refractivity contribution in [3.05, 3.63) is 65.4 Å². The maximum atomic E-state index is 12.6. The third kappa shape index (κ3) is 2.34. The summed E-state index contributed by atoms with van der Waals surface area (Å²) in [5.74, 6) is 0.859. The summed E-state index contributed by atoms with van der Waals surface area (Å²) in [6.45, 7) is 0. The molecule has 1 amide bonds. The number of carbonyl (C=O) groups excluding carboxylic acids is 1. The van der Waals surface area contributed by atoms with Gasteiger partial charge in [0.15, 0.2) is 0 Å². The highest BCUT2D eigenvalue weighted by Crippen LogP contribution is 2.42. The molecule has 25 heavy (non-hydrogen) atoms. The Morgan fingerprint density at radius 1 is 1.12 bits per heavy atom. The summed E-state index contributed by atoms with van der Waals surface area (Å²) in [4.78, 5) is 14.3. The van der Waals surface area contributed by atoms with Gasteiger partial charge in [-0.2, -0.15) is 5.10 Å². The molecule has 6 nitrogen and oxygen atoms in total. The molecule has 0 fully saturated rings. The summed E-state index contributed by atoms with van der Waals surface area (Å²) in [7, 11) is 3.39. The molecular formula is C19H17N3O3. The fraction of sp³-hybridized carbons (Fsp3) is 0.158. The molecule has 3 aromatic rings. The van der Waals surface area contributed by atoms with Crippen LogP contribution in [0, 0.1) is 0 Å². The van der Waals surface area contributed by atoms with E-state index in [2.05, 4.69) is 10.2 Å². The first-order chi connectivity index (χ1) is 12.1. The molecule has 0 aliphatic carbocycles. The number of ether oxygens (including phenoxy) is 1. The number of hydrogen-bond acceptors (Lipinski definition) is 4. The number of nitrogens with zero attached hydrogens (tertiary/aromatic N) is 2. The number of phenols is 1. The minimum absolute atomic E-state index is 0.0969. The van der Waals surface area contributed by atoms with E-state index < -0.39 is 0 Å². The van der Waals surface area contributed by atoms with Gasteiger partial charge in [0.05, 0.1) is 18.8 Å². The van der Waals surface area contributed by atoms with Gasteiger partial charge < -0.3 is 14.7 Å². The Morgan fingerprint density at radius 3 is 2.44 bits per heavy atom. The molecule has 0 saturated carbocycles. The maximum Gasteiger partial charge on any atom is 0.272 e. The van der Waals surface area contributed by atoms with Crippen molar-refractivity contribution >= 4 is 5.91 Å². The van der Waals surface area contributed by atoms with E-state index in [1.807, 2.05) is 36.4 Å². The van der Waals surface area contributed by atoms with Gasteiger partial charge in [-0.3, -0.25) is 9.89 Å². The van der Waals surface area contributed by atoms with E-state index in [0.29, 0.717) is 5.69 Å². The number of fused-ring (bicyclic) bond motifs is 1. The molecule has 1 atom stereocenters. The Bertz CT molecular complexity index is 930. The number of amides is 1. The highest BCUT2D eigenvalue weighted by molar-refractivity contribution is 6.00. The van der Waals surface area contributed by atoms with Gasteiger partial charge in [-0.1, -0.05) is 12.1 Å². The van der Waals surface area contributed by atoms with Gasteiger partial charge in [-0.05, 0) is 42.0 Å². The monoisotopic (exact) mass is 335 g/mol. The molecule has 2 N–H and O–H groups in total. The standard InChI is InChI=1S/C19H17N3O3/c1-22-18(12-3-7-13(23)8-4-12)15-16(20-21-17(15)19(22)24)11-5-9-14(25-2)10-6-11/h3-10,18,23H,1-2H3,(H,20,21)/t18-/m1/s1. The first-order valence-electron chi connectivity index (χ1n) is 7.89. The van der Waals surface area contributed by atoms with Crippen molar-refractivity contribution < 1.29 is 14.6 Å². The van der Waals surface area contributed by atoms with Crippen molar-refractivity contribution in [1.29, 1.82) is 0 Å². The third-order valence-corrected chi connectivity index (χ3v) is 4.57. The highest BCUT2D eigenvalue weighted by atomic mass is 16.5. The lowest BCUT2D eigenvalue weighted by Crippen LogP contribution is -2.24. The van der Waals surface area contributed by atoms with Gasteiger partial charge in [0.2, 0.25) is 0 Å². The minimum Gasteiger partial charge on any atom is -0.508 e. The molecule has 0 radical (unpaired) electrons. The molecule has 1 aromatic heterocycles. The van der Waals surface area contributed by atoms with Gasteiger partial charge in [0.25, 0.3) is 5.91 Å². The maximum absolute atomic E-state index is 12.6.